The van der Waals surface area contributed by atoms with Crippen molar-refractivity contribution < 1.29 is 0 Å². The average molecular weight is 276 g/mol. The molecule has 3 nitrogen and oxygen atoms in total. The molecule has 1 aliphatic carbocycles. The van der Waals surface area contributed by atoms with Crippen molar-refractivity contribution in [1.29, 1.82) is 5.26 Å². The molecule has 1 aromatic carbocycles. The van der Waals surface area contributed by atoms with Crippen LogP contribution in [0.4, 0.5) is 10.8 Å². The van der Waals surface area contributed by atoms with Gasteiger partial charge in [-0.05, 0) is 25.0 Å². The van der Waals surface area contributed by atoms with Crippen molar-refractivity contribution in [3.05, 3.63) is 39.9 Å². The molecular formula is C13H10ClN3S. The molecule has 0 atom stereocenters. The maximum Gasteiger partial charge on any atom is 0.187 e. The summed E-state index contributed by atoms with van der Waals surface area (Å²) in [6.45, 7) is 0. The number of nitrogens with zero attached hydrogens (tertiary/aromatic N) is 2. The van der Waals surface area contributed by atoms with Gasteiger partial charge in [0, 0.05) is 11.3 Å². The third kappa shape index (κ3) is 2.20. The number of rotatable bonds is 3. The number of hydrogen-bond acceptors (Lipinski definition) is 4. The highest BCUT2D eigenvalue weighted by Crippen LogP contribution is 2.41. The van der Waals surface area contributed by atoms with E-state index in [1.807, 2.05) is 12.1 Å². The number of nitriles is 1. The Morgan fingerprint density at radius 3 is 3.00 bits per heavy atom. The van der Waals surface area contributed by atoms with E-state index in [1.165, 1.54) is 12.8 Å². The van der Waals surface area contributed by atoms with Gasteiger partial charge in [0.2, 0.25) is 0 Å². The van der Waals surface area contributed by atoms with E-state index >= 15 is 0 Å². The van der Waals surface area contributed by atoms with Crippen molar-refractivity contribution in [2.24, 2.45) is 0 Å². The maximum absolute atomic E-state index is 9.09. The molecule has 1 heterocycles. The minimum absolute atomic E-state index is 0.460. The molecule has 1 aliphatic rings. The number of benzene rings is 1. The lowest BCUT2D eigenvalue weighted by Crippen LogP contribution is -1.94. The Labute approximate surface area is 114 Å². The molecule has 1 N–H and O–H groups in total. The molecule has 0 saturated heterocycles. The molecule has 1 saturated carbocycles. The van der Waals surface area contributed by atoms with E-state index in [-0.39, 0.29) is 0 Å². The van der Waals surface area contributed by atoms with Crippen LogP contribution in [0.3, 0.4) is 0 Å². The molecule has 0 aliphatic heterocycles. The van der Waals surface area contributed by atoms with Gasteiger partial charge in [0.1, 0.15) is 6.07 Å². The predicted molar refractivity (Wildman–Crippen MR) is 73.5 cm³/mol. The van der Waals surface area contributed by atoms with Crippen LogP contribution in [-0.2, 0) is 0 Å². The van der Waals surface area contributed by atoms with Gasteiger partial charge in [-0.3, -0.25) is 0 Å². The molecule has 5 heteroatoms. The minimum Gasteiger partial charge on any atom is -0.330 e. The molecule has 0 radical (unpaired) electrons. The lowest BCUT2D eigenvalue weighted by atomic mass is 10.2. The second kappa shape index (κ2) is 4.60. The Morgan fingerprint density at radius 1 is 1.44 bits per heavy atom. The molecule has 18 heavy (non-hydrogen) atoms. The smallest absolute Gasteiger partial charge is 0.187 e. The van der Waals surface area contributed by atoms with Crippen molar-refractivity contribution >= 4 is 33.8 Å². The molecule has 0 amide bonds. The molecule has 0 spiro atoms. The lowest BCUT2D eigenvalue weighted by molar-refractivity contribution is 1.05. The summed E-state index contributed by atoms with van der Waals surface area (Å²) in [5, 5.41) is 15.6. The van der Waals surface area contributed by atoms with Crippen LogP contribution in [0.2, 0.25) is 5.02 Å². The van der Waals surface area contributed by atoms with Gasteiger partial charge < -0.3 is 5.32 Å². The zero-order valence-electron chi connectivity index (χ0n) is 9.48. The van der Waals surface area contributed by atoms with Gasteiger partial charge in [0.05, 0.1) is 22.0 Å². The third-order valence-electron chi connectivity index (χ3n) is 2.88. The quantitative estimate of drug-likeness (QED) is 0.909. The standard InChI is InChI=1S/C13H10ClN3S/c14-10-2-1-3-11(9(10)6-15)16-13-17-12(7-18-13)8-4-5-8/h1-3,7-8H,4-5H2,(H,16,17). The molecular weight excluding hydrogens is 266 g/mol. The summed E-state index contributed by atoms with van der Waals surface area (Å²) in [5.41, 5.74) is 2.33. The van der Waals surface area contributed by atoms with Gasteiger partial charge in [0.15, 0.2) is 5.13 Å². The monoisotopic (exact) mass is 275 g/mol. The Bertz CT molecular complexity index is 625. The average Bonchev–Trinajstić information content (AvgIpc) is 3.11. The predicted octanol–water partition coefficient (Wildman–Crippen LogP) is 4.29. The Kier molecular flexibility index (Phi) is 2.94. The summed E-state index contributed by atoms with van der Waals surface area (Å²) in [7, 11) is 0. The van der Waals surface area contributed by atoms with Crippen LogP contribution in [0.25, 0.3) is 0 Å². The number of anilines is 2. The van der Waals surface area contributed by atoms with E-state index in [9.17, 15) is 0 Å². The molecule has 1 fully saturated rings. The molecule has 0 unspecified atom stereocenters. The van der Waals surface area contributed by atoms with Crippen LogP contribution in [-0.4, -0.2) is 4.98 Å². The highest BCUT2D eigenvalue weighted by molar-refractivity contribution is 7.13. The summed E-state index contributed by atoms with van der Waals surface area (Å²) in [6.07, 6.45) is 2.48. The normalized spacial score (nSPS) is 14.2. The number of aromatic nitrogens is 1. The zero-order chi connectivity index (χ0) is 12.5. The second-order valence-corrected chi connectivity index (χ2v) is 5.52. The van der Waals surface area contributed by atoms with Crippen LogP contribution in [0.15, 0.2) is 23.6 Å². The van der Waals surface area contributed by atoms with Gasteiger partial charge in [-0.15, -0.1) is 11.3 Å². The first-order valence-electron chi connectivity index (χ1n) is 5.69. The van der Waals surface area contributed by atoms with Crippen LogP contribution in [0.1, 0.15) is 30.0 Å². The van der Waals surface area contributed by atoms with Crippen LogP contribution < -0.4 is 5.32 Å². The molecule has 90 valence electrons. The summed E-state index contributed by atoms with van der Waals surface area (Å²) >= 11 is 7.54. The number of halogens is 1. The van der Waals surface area contributed by atoms with E-state index in [4.69, 9.17) is 16.9 Å². The van der Waals surface area contributed by atoms with Crippen molar-refractivity contribution in [2.45, 2.75) is 18.8 Å². The van der Waals surface area contributed by atoms with E-state index in [0.29, 0.717) is 22.2 Å². The Hall–Kier alpha value is -1.57. The summed E-state index contributed by atoms with van der Waals surface area (Å²) < 4.78 is 0. The fraction of sp³-hybridized carbons (Fsp3) is 0.231. The van der Waals surface area contributed by atoms with Crippen molar-refractivity contribution in [3.63, 3.8) is 0 Å². The first-order valence-corrected chi connectivity index (χ1v) is 6.95. The van der Waals surface area contributed by atoms with Gasteiger partial charge >= 0.3 is 0 Å². The van der Waals surface area contributed by atoms with Gasteiger partial charge in [-0.2, -0.15) is 5.26 Å². The molecule has 1 aromatic heterocycles. The number of hydrogen-bond donors (Lipinski definition) is 1. The Morgan fingerprint density at radius 2 is 2.28 bits per heavy atom. The van der Waals surface area contributed by atoms with Crippen molar-refractivity contribution in [3.8, 4) is 6.07 Å². The van der Waals surface area contributed by atoms with Crippen molar-refractivity contribution in [2.75, 3.05) is 5.32 Å². The second-order valence-electron chi connectivity index (χ2n) is 4.25. The highest BCUT2D eigenvalue weighted by atomic mass is 35.5. The van der Waals surface area contributed by atoms with E-state index < -0.39 is 0 Å². The summed E-state index contributed by atoms with van der Waals surface area (Å²) in [4.78, 5) is 4.53. The largest absolute Gasteiger partial charge is 0.330 e. The third-order valence-corrected chi connectivity index (χ3v) is 3.98. The molecule has 0 bridgehead atoms. The van der Waals surface area contributed by atoms with Gasteiger partial charge in [-0.25, -0.2) is 4.98 Å². The SMILES string of the molecule is N#Cc1c(Cl)cccc1Nc1nc(C2CC2)cs1. The van der Waals surface area contributed by atoms with Gasteiger partial charge in [0.25, 0.3) is 0 Å². The molecule has 3 rings (SSSR count). The minimum atomic E-state index is 0.460. The van der Waals surface area contributed by atoms with Gasteiger partial charge in [-0.1, -0.05) is 17.7 Å². The van der Waals surface area contributed by atoms with Crippen LogP contribution >= 0.6 is 22.9 Å². The van der Waals surface area contributed by atoms with Crippen LogP contribution in [0, 0.1) is 11.3 Å². The number of thiazole rings is 1. The fourth-order valence-electron chi connectivity index (χ4n) is 1.77. The topological polar surface area (TPSA) is 48.7 Å². The summed E-state index contributed by atoms with van der Waals surface area (Å²) in [5.74, 6) is 0.645. The van der Waals surface area contributed by atoms with E-state index in [2.05, 4.69) is 21.8 Å². The zero-order valence-corrected chi connectivity index (χ0v) is 11.1. The Balaban J connectivity index is 1.87. The van der Waals surface area contributed by atoms with Crippen LogP contribution in [0.5, 0.6) is 0 Å². The van der Waals surface area contributed by atoms with E-state index in [0.717, 1.165) is 10.8 Å². The number of nitrogens with one attached hydrogen (secondary N) is 1. The first kappa shape index (κ1) is 11.5. The fourth-order valence-corrected chi connectivity index (χ4v) is 2.79. The highest BCUT2D eigenvalue weighted by Gasteiger charge is 2.26. The summed E-state index contributed by atoms with van der Waals surface area (Å²) in [6, 6.07) is 7.48. The lowest BCUT2D eigenvalue weighted by Gasteiger charge is -2.05. The molecule has 2 aromatic rings. The first-order chi connectivity index (χ1) is 8.78. The maximum atomic E-state index is 9.09. The van der Waals surface area contributed by atoms with E-state index in [1.54, 1.807) is 17.4 Å². The van der Waals surface area contributed by atoms with Crippen molar-refractivity contribution in [1.82, 2.24) is 4.98 Å².